The van der Waals surface area contributed by atoms with E-state index in [4.69, 9.17) is 24.0 Å². The standard InChI is InChI=1S/C41H40O11/c42-35(27-11-7-6-8-12-27)21-16-26-14-17-28(18-15-26)52-48-22-10-5-3-1-2-4-9-13-36(43)49-29-19-20-30-31(33-25-37(44)50-39(33)45)24-34-38(32(30)23-29)41(47)51-40(34)46/h6-8,11-12,14-21,23,31,33-34,38H,1-5,9-10,13,22,24-25H2/b21-16+. The van der Waals surface area contributed by atoms with Gasteiger partial charge in [-0.25, -0.2) is 0 Å². The molecule has 11 heteroatoms. The van der Waals surface area contributed by atoms with Crippen LogP contribution in [0.4, 0.5) is 0 Å². The maximum atomic E-state index is 12.6. The van der Waals surface area contributed by atoms with Gasteiger partial charge in [-0.05, 0) is 72.2 Å². The van der Waals surface area contributed by atoms with Crippen LogP contribution in [-0.4, -0.2) is 42.2 Å². The summed E-state index contributed by atoms with van der Waals surface area (Å²) in [5.74, 6) is -5.11. The van der Waals surface area contributed by atoms with Crippen molar-refractivity contribution in [3.05, 3.63) is 101 Å². The molecule has 0 amide bonds. The number of rotatable bonds is 17. The highest BCUT2D eigenvalue weighted by atomic mass is 17.2. The van der Waals surface area contributed by atoms with Crippen LogP contribution in [0.25, 0.3) is 6.08 Å². The molecule has 4 atom stereocenters. The minimum Gasteiger partial charge on any atom is -0.427 e. The highest BCUT2D eigenvalue weighted by Crippen LogP contribution is 2.51. The van der Waals surface area contributed by atoms with Gasteiger partial charge in [0.1, 0.15) is 5.75 Å². The molecule has 270 valence electrons. The fourth-order valence-electron chi connectivity index (χ4n) is 7.03. The van der Waals surface area contributed by atoms with Gasteiger partial charge in [-0.1, -0.05) is 86.7 Å². The molecule has 0 saturated carbocycles. The van der Waals surface area contributed by atoms with Gasteiger partial charge in [0.15, 0.2) is 11.5 Å². The number of ether oxygens (including phenoxy) is 3. The third-order valence-electron chi connectivity index (χ3n) is 9.71. The maximum absolute atomic E-state index is 12.6. The number of cyclic esters (lactones) is 4. The van der Waals surface area contributed by atoms with Gasteiger partial charge < -0.3 is 19.1 Å². The van der Waals surface area contributed by atoms with Crippen LogP contribution in [-0.2, 0) is 38.3 Å². The largest absolute Gasteiger partial charge is 0.427 e. The van der Waals surface area contributed by atoms with Gasteiger partial charge in [-0.2, -0.15) is 4.89 Å². The Hall–Kier alpha value is -5.42. The monoisotopic (exact) mass is 708 g/mol. The van der Waals surface area contributed by atoms with Crippen LogP contribution in [0.15, 0.2) is 78.9 Å². The number of benzene rings is 3. The first kappa shape index (κ1) is 36.4. The first-order valence-electron chi connectivity index (χ1n) is 17.8. The van der Waals surface area contributed by atoms with E-state index < -0.39 is 53.5 Å². The van der Waals surface area contributed by atoms with Gasteiger partial charge in [-0.3, -0.25) is 28.8 Å². The van der Waals surface area contributed by atoms with E-state index in [1.165, 1.54) is 0 Å². The first-order chi connectivity index (χ1) is 25.3. The quantitative estimate of drug-likeness (QED) is 0.0209. The van der Waals surface area contributed by atoms with E-state index in [1.54, 1.807) is 54.6 Å². The van der Waals surface area contributed by atoms with Crippen LogP contribution in [0, 0.1) is 11.8 Å². The predicted molar refractivity (Wildman–Crippen MR) is 186 cm³/mol. The number of hydrogen-bond donors (Lipinski definition) is 0. The van der Waals surface area contributed by atoms with Gasteiger partial charge in [0.25, 0.3) is 0 Å². The number of carbonyl (C=O) groups is 6. The molecule has 2 fully saturated rings. The lowest BCUT2D eigenvalue weighted by atomic mass is 9.67. The van der Waals surface area contributed by atoms with Gasteiger partial charge >= 0.3 is 29.8 Å². The summed E-state index contributed by atoms with van der Waals surface area (Å²) in [5.41, 5.74) is 2.65. The van der Waals surface area contributed by atoms with Crippen molar-refractivity contribution in [1.82, 2.24) is 0 Å². The zero-order chi connectivity index (χ0) is 36.5. The molecule has 2 saturated heterocycles. The summed E-state index contributed by atoms with van der Waals surface area (Å²) in [4.78, 5) is 84.8. The molecule has 2 aliphatic heterocycles. The number of esters is 5. The number of unbranched alkanes of at least 4 members (excludes halogenated alkanes) is 6. The summed E-state index contributed by atoms with van der Waals surface area (Å²) in [6.07, 6.45) is 10.1. The summed E-state index contributed by atoms with van der Waals surface area (Å²) in [5, 5.41) is 0. The lowest BCUT2D eigenvalue weighted by Crippen LogP contribution is -2.31. The molecule has 4 unspecified atom stereocenters. The summed E-state index contributed by atoms with van der Waals surface area (Å²) < 4.78 is 15.2. The normalized spacial score (nSPS) is 20.7. The third-order valence-corrected chi connectivity index (χ3v) is 9.71. The predicted octanol–water partition coefficient (Wildman–Crippen LogP) is 6.98. The van der Waals surface area contributed by atoms with Crippen LogP contribution in [0.2, 0.25) is 0 Å². The highest BCUT2D eigenvalue weighted by Gasteiger charge is 2.54. The van der Waals surface area contributed by atoms with E-state index in [-0.39, 0.29) is 30.8 Å². The van der Waals surface area contributed by atoms with Gasteiger partial charge in [-0.15, -0.1) is 0 Å². The van der Waals surface area contributed by atoms with Crippen molar-refractivity contribution in [1.29, 1.82) is 0 Å². The molecule has 11 nitrogen and oxygen atoms in total. The van der Waals surface area contributed by atoms with E-state index >= 15 is 0 Å². The van der Waals surface area contributed by atoms with Crippen molar-refractivity contribution in [3.63, 3.8) is 0 Å². The zero-order valence-electron chi connectivity index (χ0n) is 28.7. The van der Waals surface area contributed by atoms with Crippen molar-refractivity contribution < 1.29 is 52.8 Å². The zero-order valence-corrected chi connectivity index (χ0v) is 28.7. The summed E-state index contributed by atoms with van der Waals surface area (Å²) in [6.45, 7) is 0.466. The van der Waals surface area contributed by atoms with E-state index in [0.717, 1.165) is 44.1 Å². The maximum Gasteiger partial charge on any atom is 0.321 e. The number of carbonyl (C=O) groups excluding carboxylic acids is 6. The van der Waals surface area contributed by atoms with Crippen molar-refractivity contribution in [3.8, 4) is 11.5 Å². The summed E-state index contributed by atoms with van der Waals surface area (Å²) in [7, 11) is 0. The molecule has 52 heavy (non-hydrogen) atoms. The number of allylic oxidation sites excluding steroid dienone is 1. The summed E-state index contributed by atoms with van der Waals surface area (Å²) >= 11 is 0. The molecule has 2 heterocycles. The molecular weight excluding hydrogens is 668 g/mol. The Morgan fingerprint density at radius 2 is 1.38 bits per heavy atom. The van der Waals surface area contributed by atoms with Crippen LogP contribution in [0.5, 0.6) is 11.5 Å². The Bertz CT molecular complexity index is 1830. The Kier molecular flexibility index (Phi) is 12.0. The molecule has 0 bridgehead atoms. The molecule has 0 N–H and O–H groups in total. The van der Waals surface area contributed by atoms with Crippen molar-refractivity contribution >= 4 is 41.7 Å². The lowest BCUT2D eigenvalue weighted by Gasteiger charge is -2.33. The Labute approximate surface area is 301 Å². The second kappa shape index (κ2) is 17.2. The molecule has 0 aromatic heterocycles. The van der Waals surface area contributed by atoms with E-state index in [9.17, 15) is 28.8 Å². The Morgan fingerprint density at radius 1 is 0.692 bits per heavy atom. The molecule has 3 aromatic carbocycles. The molecule has 0 radical (unpaired) electrons. The minimum atomic E-state index is -0.851. The van der Waals surface area contributed by atoms with Crippen LogP contribution in [0.1, 0.15) is 103 Å². The minimum absolute atomic E-state index is 0.0548. The SMILES string of the molecule is O=C1CC(C2CC3C(=O)OC(=O)C3c3cc(OC(=O)CCCCCCCCCOOc4ccc(/C=C/C(=O)c5ccccc5)cc4)ccc32)C(=O)O1. The van der Waals surface area contributed by atoms with Crippen molar-refractivity contribution in [2.45, 2.75) is 76.0 Å². The number of ketones is 1. The first-order valence-corrected chi connectivity index (χ1v) is 17.8. The third kappa shape index (κ3) is 9.08. The smallest absolute Gasteiger partial charge is 0.321 e. The lowest BCUT2D eigenvalue weighted by molar-refractivity contribution is -0.207. The molecule has 3 aliphatic rings. The van der Waals surface area contributed by atoms with Crippen molar-refractivity contribution in [2.24, 2.45) is 11.8 Å². The van der Waals surface area contributed by atoms with Crippen LogP contribution >= 0.6 is 0 Å². The topological polar surface area (TPSA) is 149 Å². The molecule has 6 rings (SSSR count). The van der Waals surface area contributed by atoms with E-state index in [0.29, 0.717) is 35.5 Å². The average Bonchev–Trinajstić information content (AvgIpc) is 3.64. The average molecular weight is 709 g/mol. The Balaban J connectivity index is 0.846. The van der Waals surface area contributed by atoms with Gasteiger partial charge in [0, 0.05) is 12.0 Å². The second-order valence-corrected chi connectivity index (χ2v) is 13.3. The highest BCUT2D eigenvalue weighted by molar-refractivity contribution is 6.06. The van der Waals surface area contributed by atoms with Crippen molar-refractivity contribution in [2.75, 3.05) is 6.61 Å². The van der Waals surface area contributed by atoms with Crippen LogP contribution < -0.4 is 9.62 Å². The molecule has 3 aromatic rings. The van der Waals surface area contributed by atoms with Gasteiger partial charge in [0.05, 0.1) is 30.8 Å². The fourth-order valence-corrected chi connectivity index (χ4v) is 7.03. The second-order valence-electron chi connectivity index (χ2n) is 13.3. The number of fused-ring (bicyclic) bond motifs is 3. The summed E-state index contributed by atoms with van der Waals surface area (Å²) in [6, 6.07) is 21.3. The van der Waals surface area contributed by atoms with E-state index in [2.05, 4.69) is 0 Å². The molecule has 0 spiro atoms. The number of hydrogen-bond acceptors (Lipinski definition) is 11. The van der Waals surface area contributed by atoms with E-state index in [1.807, 2.05) is 30.3 Å². The molecule has 1 aliphatic carbocycles. The van der Waals surface area contributed by atoms with Crippen LogP contribution in [0.3, 0.4) is 0 Å². The Morgan fingerprint density at radius 3 is 2.12 bits per heavy atom. The fraction of sp³-hybridized carbons (Fsp3) is 0.366. The molecular formula is C41H40O11. The van der Waals surface area contributed by atoms with Gasteiger partial charge in [0.2, 0.25) is 0 Å².